The number of pyridine rings is 1. The Kier molecular flexibility index (Phi) is 5.98. The van der Waals surface area contributed by atoms with Crippen molar-refractivity contribution >= 4 is 16.9 Å². The van der Waals surface area contributed by atoms with Crippen molar-refractivity contribution in [2.45, 2.75) is 18.9 Å². The van der Waals surface area contributed by atoms with E-state index >= 15 is 0 Å². The Labute approximate surface area is 197 Å². The minimum absolute atomic E-state index is 0.0825. The summed E-state index contributed by atoms with van der Waals surface area (Å²) < 4.78 is 19.7. The number of rotatable bonds is 6. The number of aromatic amines is 1. The molecular weight excluding hydrogens is 433 g/mol. The monoisotopic (exact) mass is 459 g/mol. The van der Waals surface area contributed by atoms with Crippen LogP contribution in [-0.4, -0.2) is 57.8 Å². The number of hydrogen-bond acceptors (Lipinski definition) is 5. The molecule has 1 aliphatic heterocycles. The van der Waals surface area contributed by atoms with E-state index in [0.717, 1.165) is 35.1 Å². The number of likely N-dealkylation sites (tertiary alicyclic amines) is 1. The van der Waals surface area contributed by atoms with E-state index in [-0.39, 0.29) is 17.8 Å². The maximum atomic E-state index is 13.4. The van der Waals surface area contributed by atoms with Crippen molar-refractivity contribution < 1.29 is 13.9 Å². The van der Waals surface area contributed by atoms with E-state index in [1.165, 1.54) is 12.1 Å². The summed E-state index contributed by atoms with van der Waals surface area (Å²) in [7, 11) is 3.78. The summed E-state index contributed by atoms with van der Waals surface area (Å²) in [5.74, 6) is 1.54. The minimum Gasteiger partial charge on any atom is -0.457 e. The highest BCUT2D eigenvalue weighted by Gasteiger charge is 2.32. The van der Waals surface area contributed by atoms with Crippen molar-refractivity contribution in [3.63, 3.8) is 0 Å². The van der Waals surface area contributed by atoms with Gasteiger partial charge in [0.1, 0.15) is 23.0 Å². The van der Waals surface area contributed by atoms with Crippen LogP contribution in [0.5, 0.6) is 11.5 Å². The van der Waals surface area contributed by atoms with Gasteiger partial charge in [-0.2, -0.15) is 0 Å². The van der Waals surface area contributed by atoms with Crippen molar-refractivity contribution in [2.75, 3.05) is 27.2 Å². The molecule has 7 nitrogen and oxygen atoms in total. The SMILES string of the molecule is CN(C)CC(=O)N1CCCC1c1cc2[nH]c(-c3ccccn3)nc2cc1Oc1ccc(F)cc1. The van der Waals surface area contributed by atoms with E-state index in [2.05, 4.69) is 9.97 Å². The molecule has 1 fully saturated rings. The van der Waals surface area contributed by atoms with Crippen LogP contribution in [-0.2, 0) is 4.79 Å². The molecule has 0 bridgehead atoms. The molecule has 0 spiro atoms. The lowest BCUT2D eigenvalue weighted by molar-refractivity contribution is -0.132. The zero-order valence-corrected chi connectivity index (χ0v) is 19.2. The lowest BCUT2D eigenvalue weighted by atomic mass is 10.0. The third-order valence-electron chi connectivity index (χ3n) is 5.95. The van der Waals surface area contributed by atoms with E-state index in [4.69, 9.17) is 9.72 Å². The molecule has 174 valence electrons. The average Bonchev–Trinajstić information content (AvgIpc) is 3.47. The first kappa shape index (κ1) is 22.0. The molecule has 2 aromatic heterocycles. The predicted molar refractivity (Wildman–Crippen MR) is 128 cm³/mol. The third-order valence-corrected chi connectivity index (χ3v) is 5.95. The van der Waals surface area contributed by atoms with Gasteiger partial charge in [-0.1, -0.05) is 6.07 Å². The minimum atomic E-state index is -0.327. The number of fused-ring (bicyclic) bond motifs is 1. The summed E-state index contributed by atoms with van der Waals surface area (Å²) in [5, 5.41) is 0. The fourth-order valence-electron chi connectivity index (χ4n) is 4.41. The van der Waals surface area contributed by atoms with Crippen LogP contribution < -0.4 is 4.74 Å². The van der Waals surface area contributed by atoms with Gasteiger partial charge in [-0.15, -0.1) is 0 Å². The topological polar surface area (TPSA) is 74.4 Å². The molecule has 8 heteroatoms. The summed E-state index contributed by atoms with van der Waals surface area (Å²) in [5.41, 5.74) is 3.21. The van der Waals surface area contributed by atoms with E-state index in [1.54, 1.807) is 18.3 Å². The number of likely N-dealkylation sites (N-methyl/N-ethyl adjacent to an activating group) is 1. The van der Waals surface area contributed by atoms with E-state index in [0.29, 0.717) is 30.4 Å². The fourth-order valence-corrected chi connectivity index (χ4v) is 4.41. The smallest absolute Gasteiger partial charge is 0.237 e. The lowest BCUT2D eigenvalue weighted by Gasteiger charge is -2.27. The Balaban J connectivity index is 1.58. The molecule has 0 aliphatic carbocycles. The number of ether oxygens (including phenoxy) is 1. The highest BCUT2D eigenvalue weighted by atomic mass is 19.1. The molecule has 1 N–H and O–H groups in total. The number of nitrogens with one attached hydrogen (secondary N) is 1. The molecule has 4 aromatic rings. The van der Waals surface area contributed by atoms with Crippen molar-refractivity contribution in [3.05, 3.63) is 72.2 Å². The first-order valence-electron chi connectivity index (χ1n) is 11.3. The molecule has 1 aliphatic rings. The van der Waals surface area contributed by atoms with Crippen LogP contribution >= 0.6 is 0 Å². The number of nitrogens with zero attached hydrogens (tertiary/aromatic N) is 4. The Hall–Kier alpha value is -3.78. The van der Waals surface area contributed by atoms with Crippen molar-refractivity contribution in [3.8, 4) is 23.0 Å². The molecule has 3 heterocycles. The summed E-state index contributed by atoms with van der Waals surface area (Å²) in [4.78, 5) is 29.2. The highest BCUT2D eigenvalue weighted by Crippen LogP contribution is 2.41. The van der Waals surface area contributed by atoms with Gasteiger partial charge in [0, 0.05) is 24.4 Å². The maximum absolute atomic E-state index is 13.4. The van der Waals surface area contributed by atoms with Gasteiger partial charge in [0.25, 0.3) is 0 Å². The van der Waals surface area contributed by atoms with Crippen LogP contribution in [0.25, 0.3) is 22.6 Å². The van der Waals surface area contributed by atoms with Gasteiger partial charge in [0.2, 0.25) is 5.91 Å². The van der Waals surface area contributed by atoms with Crippen LogP contribution in [0.15, 0.2) is 60.8 Å². The molecule has 2 aromatic carbocycles. The number of benzene rings is 2. The van der Waals surface area contributed by atoms with Crippen LogP contribution in [0, 0.1) is 5.82 Å². The number of carbonyl (C=O) groups is 1. The van der Waals surface area contributed by atoms with E-state index < -0.39 is 0 Å². The zero-order chi connectivity index (χ0) is 23.7. The second-order valence-corrected chi connectivity index (χ2v) is 8.75. The molecular formula is C26H26FN5O2. The second kappa shape index (κ2) is 9.23. The number of halogens is 1. The predicted octanol–water partition coefficient (Wildman–Crippen LogP) is 4.78. The quantitative estimate of drug-likeness (QED) is 0.449. The zero-order valence-electron chi connectivity index (χ0n) is 19.2. The molecule has 5 rings (SSSR count). The Morgan fingerprint density at radius 2 is 2.03 bits per heavy atom. The van der Waals surface area contributed by atoms with Crippen molar-refractivity contribution in [2.24, 2.45) is 0 Å². The standard InChI is InChI=1S/C26H26FN5O2/c1-31(2)16-25(33)32-13-5-7-23(32)19-14-21-22(30-26(29-21)20-6-3-4-12-28-20)15-24(19)34-18-10-8-17(27)9-11-18/h3-4,6,8-12,14-15,23H,5,7,13,16H2,1-2H3,(H,29,30). The van der Waals surface area contributed by atoms with Gasteiger partial charge in [-0.05, 0) is 69.4 Å². The lowest BCUT2D eigenvalue weighted by Crippen LogP contribution is -2.37. The highest BCUT2D eigenvalue weighted by molar-refractivity contribution is 5.83. The summed E-state index contributed by atoms with van der Waals surface area (Å²) in [6, 6.07) is 15.4. The number of hydrogen-bond donors (Lipinski definition) is 1. The van der Waals surface area contributed by atoms with Crippen LogP contribution in [0.3, 0.4) is 0 Å². The van der Waals surface area contributed by atoms with Crippen LogP contribution in [0.2, 0.25) is 0 Å². The van der Waals surface area contributed by atoms with Crippen molar-refractivity contribution in [1.82, 2.24) is 24.8 Å². The van der Waals surface area contributed by atoms with Crippen LogP contribution in [0.4, 0.5) is 4.39 Å². The molecule has 1 saturated heterocycles. The normalized spacial score (nSPS) is 15.9. The molecule has 0 radical (unpaired) electrons. The van der Waals surface area contributed by atoms with E-state index in [1.807, 2.05) is 54.2 Å². The van der Waals surface area contributed by atoms with Gasteiger partial charge in [0.15, 0.2) is 5.82 Å². The second-order valence-electron chi connectivity index (χ2n) is 8.75. The molecule has 0 saturated carbocycles. The van der Waals surface area contributed by atoms with Gasteiger partial charge in [-0.25, -0.2) is 9.37 Å². The average molecular weight is 460 g/mol. The number of amides is 1. The molecule has 1 unspecified atom stereocenters. The number of carbonyl (C=O) groups excluding carboxylic acids is 1. The summed E-state index contributed by atoms with van der Waals surface area (Å²) in [6.07, 6.45) is 3.48. The summed E-state index contributed by atoms with van der Waals surface area (Å²) >= 11 is 0. The number of imidazole rings is 1. The third kappa shape index (κ3) is 4.49. The van der Waals surface area contributed by atoms with E-state index in [9.17, 15) is 9.18 Å². The van der Waals surface area contributed by atoms with Crippen molar-refractivity contribution in [1.29, 1.82) is 0 Å². The van der Waals surface area contributed by atoms with Crippen LogP contribution in [0.1, 0.15) is 24.4 Å². The summed E-state index contributed by atoms with van der Waals surface area (Å²) in [6.45, 7) is 1.05. The van der Waals surface area contributed by atoms with Gasteiger partial charge in [0.05, 0.1) is 23.6 Å². The molecule has 1 atom stereocenters. The number of aromatic nitrogens is 3. The fraction of sp³-hybridized carbons (Fsp3) is 0.269. The Bertz CT molecular complexity index is 1300. The maximum Gasteiger partial charge on any atom is 0.237 e. The van der Waals surface area contributed by atoms with Gasteiger partial charge < -0.3 is 19.5 Å². The Morgan fingerprint density at radius 3 is 2.76 bits per heavy atom. The largest absolute Gasteiger partial charge is 0.457 e. The van der Waals surface area contributed by atoms with Gasteiger partial charge >= 0.3 is 0 Å². The number of H-pyrrole nitrogens is 1. The van der Waals surface area contributed by atoms with Gasteiger partial charge in [-0.3, -0.25) is 9.78 Å². The molecule has 1 amide bonds. The first-order chi connectivity index (χ1) is 16.5. The molecule has 34 heavy (non-hydrogen) atoms. The Morgan fingerprint density at radius 1 is 1.21 bits per heavy atom. The first-order valence-corrected chi connectivity index (χ1v) is 11.3.